The van der Waals surface area contributed by atoms with Gasteiger partial charge in [0.2, 0.25) is 0 Å². The lowest BCUT2D eigenvalue weighted by atomic mass is 10.1. The summed E-state index contributed by atoms with van der Waals surface area (Å²) in [5, 5.41) is 7.54. The largest absolute Gasteiger partial charge is 0.490 e. The van der Waals surface area contributed by atoms with Crippen LogP contribution in [0, 0.1) is 5.92 Å². The van der Waals surface area contributed by atoms with Crippen molar-refractivity contribution in [2.24, 2.45) is 5.92 Å². The van der Waals surface area contributed by atoms with Crippen molar-refractivity contribution in [1.29, 1.82) is 0 Å². The molecule has 1 aliphatic heterocycles. The van der Waals surface area contributed by atoms with E-state index in [0.29, 0.717) is 5.92 Å². The van der Waals surface area contributed by atoms with E-state index in [2.05, 4.69) is 26.3 Å². The summed E-state index contributed by atoms with van der Waals surface area (Å²) in [7, 11) is 0. The molecule has 0 spiro atoms. The minimum atomic E-state index is 0.636. The molecule has 1 aromatic heterocycles. The molecule has 1 N–H and O–H groups in total. The molecule has 1 aliphatic rings. The average Bonchev–Trinajstić information content (AvgIpc) is 2.76. The van der Waals surface area contributed by atoms with Gasteiger partial charge in [-0.05, 0) is 28.1 Å². The Hall–Kier alpha value is -1.33. The number of halogens is 1. The van der Waals surface area contributed by atoms with E-state index in [1.807, 2.05) is 35.1 Å². The first-order chi connectivity index (χ1) is 8.83. The van der Waals surface area contributed by atoms with Gasteiger partial charge in [-0.3, -0.25) is 0 Å². The first-order valence-corrected chi connectivity index (χ1v) is 6.75. The third-order valence-corrected chi connectivity index (χ3v) is 3.68. The SMILES string of the molecule is Brc1ccccc1-n1cc(OCC2CNC2)cn1. The maximum absolute atomic E-state index is 5.71. The number of nitrogens with zero attached hydrogens (tertiary/aromatic N) is 2. The molecular formula is C13H14BrN3O. The monoisotopic (exact) mass is 307 g/mol. The highest BCUT2D eigenvalue weighted by atomic mass is 79.9. The highest BCUT2D eigenvalue weighted by Crippen LogP contribution is 2.22. The minimum absolute atomic E-state index is 0.636. The van der Waals surface area contributed by atoms with Crippen molar-refractivity contribution in [3.05, 3.63) is 41.1 Å². The fourth-order valence-corrected chi connectivity index (χ4v) is 2.30. The molecule has 0 bridgehead atoms. The van der Waals surface area contributed by atoms with Crippen LogP contribution in [0.15, 0.2) is 41.1 Å². The lowest BCUT2D eigenvalue weighted by Crippen LogP contribution is -2.45. The van der Waals surface area contributed by atoms with Gasteiger partial charge in [0.25, 0.3) is 0 Å². The van der Waals surface area contributed by atoms with Crippen molar-refractivity contribution in [2.45, 2.75) is 0 Å². The van der Waals surface area contributed by atoms with Gasteiger partial charge >= 0.3 is 0 Å². The molecule has 0 atom stereocenters. The first-order valence-electron chi connectivity index (χ1n) is 5.96. The quantitative estimate of drug-likeness (QED) is 0.941. The summed E-state index contributed by atoms with van der Waals surface area (Å²) in [4.78, 5) is 0. The van der Waals surface area contributed by atoms with Gasteiger partial charge in [-0.1, -0.05) is 12.1 Å². The number of rotatable bonds is 4. The number of hydrogen-bond acceptors (Lipinski definition) is 3. The molecule has 3 rings (SSSR count). The predicted octanol–water partition coefficient (Wildman–Crippen LogP) is 2.23. The van der Waals surface area contributed by atoms with Gasteiger partial charge in [0.1, 0.15) is 0 Å². The maximum Gasteiger partial charge on any atom is 0.157 e. The number of hydrogen-bond donors (Lipinski definition) is 1. The van der Waals surface area contributed by atoms with Crippen LogP contribution in [0.1, 0.15) is 0 Å². The summed E-state index contributed by atoms with van der Waals surface area (Å²) in [6, 6.07) is 7.98. The second-order valence-electron chi connectivity index (χ2n) is 4.41. The van der Waals surface area contributed by atoms with Crippen molar-refractivity contribution in [3.8, 4) is 11.4 Å². The summed E-state index contributed by atoms with van der Waals surface area (Å²) >= 11 is 3.51. The van der Waals surface area contributed by atoms with Gasteiger partial charge in [0.15, 0.2) is 5.75 Å². The van der Waals surface area contributed by atoms with Crippen LogP contribution in [0.2, 0.25) is 0 Å². The molecule has 0 unspecified atom stereocenters. The van der Waals surface area contributed by atoms with Gasteiger partial charge < -0.3 is 10.1 Å². The van der Waals surface area contributed by atoms with Gasteiger partial charge in [-0.15, -0.1) is 0 Å². The fraction of sp³-hybridized carbons (Fsp3) is 0.308. The Morgan fingerprint density at radius 2 is 2.22 bits per heavy atom. The zero-order chi connectivity index (χ0) is 12.4. The Morgan fingerprint density at radius 1 is 1.39 bits per heavy atom. The average molecular weight is 308 g/mol. The van der Waals surface area contributed by atoms with E-state index in [-0.39, 0.29) is 0 Å². The molecule has 2 aromatic rings. The summed E-state index contributed by atoms with van der Waals surface area (Å²) in [6.07, 6.45) is 3.66. The van der Waals surface area contributed by atoms with Crippen molar-refractivity contribution < 1.29 is 4.74 Å². The van der Waals surface area contributed by atoms with Gasteiger partial charge in [-0.25, -0.2) is 4.68 Å². The van der Waals surface area contributed by atoms with Crippen molar-refractivity contribution in [3.63, 3.8) is 0 Å². The normalized spacial score (nSPS) is 15.4. The number of benzene rings is 1. The van der Waals surface area contributed by atoms with E-state index < -0.39 is 0 Å². The topological polar surface area (TPSA) is 39.1 Å². The lowest BCUT2D eigenvalue weighted by Gasteiger charge is -2.26. The van der Waals surface area contributed by atoms with Crippen molar-refractivity contribution in [2.75, 3.05) is 19.7 Å². The first kappa shape index (κ1) is 11.7. The number of aromatic nitrogens is 2. The molecule has 0 saturated carbocycles. The molecule has 0 aliphatic carbocycles. The van der Waals surface area contributed by atoms with Crippen LogP contribution in [-0.2, 0) is 0 Å². The van der Waals surface area contributed by atoms with Crippen LogP contribution >= 0.6 is 15.9 Å². The lowest BCUT2D eigenvalue weighted by molar-refractivity contribution is 0.199. The second-order valence-corrected chi connectivity index (χ2v) is 5.26. The van der Waals surface area contributed by atoms with Crippen LogP contribution in [-0.4, -0.2) is 29.5 Å². The Kier molecular flexibility index (Phi) is 3.34. The highest BCUT2D eigenvalue weighted by molar-refractivity contribution is 9.10. The van der Waals surface area contributed by atoms with E-state index in [4.69, 9.17) is 4.74 Å². The molecule has 1 aromatic carbocycles. The third-order valence-electron chi connectivity index (χ3n) is 3.01. The zero-order valence-electron chi connectivity index (χ0n) is 9.84. The summed E-state index contributed by atoms with van der Waals surface area (Å²) in [6.45, 7) is 2.87. The molecule has 1 saturated heterocycles. The number of para-hydroxylation sites is 1. The molecule has 5 heteroatoms. The van der Waals surface area contributed by atoms with E-state index in [1.165, 1.54) is 0 Å². The smallest absolute Gasteiger partial charge is 0.157 e. The third kappa shape index (κ3) is 2.42. The molecule has 18 heavy (non-hydrogen) atoms. The van der Waals surface area contributed by atoms with Crippen LogP contribution in [0.5, 0.6) is 5.75 Å². The summed E-state index contributed by atoms with van der Waals surface area (Å²) < 4.78 is 8.55. The molecule has 2 heterocycles. The zero-order valence-corrected chi connectivity index (χ0v) is 11.4. The Balaban J connectivity index is 1.70. The van der Waals surface area contributed by atoms with Gasteiger partial charge in [-0.2, -0.15) is 5.10 Å². The molecule has 1 fully saturated rings. The Labute approximate surface area is 114 Å². The molecular weight excluding hydrogens is 294 g/mol. The molecule has 4 nitrogen and oxygen atoms in total. The highest BCUT2D eigenvalue weighted by Gasteiger charge is 2.17. The summed E-state index contributed by atoms with van der Waals surface area (Å²) in [5.41, 5.74) is 1.01. The molecule has 0 amide bonds. The van der Waals surface area contributed by atoms with Crippen LogP contribution in [0.3, 0.4) is 0 Å². The molecule has 94 valence electrons. The molecule has 0 radical (unpaired) electrons. The van der Waals surface area contributed by atoms with E-state index in [1.54, 1.807) is 6.20 Å². The fourth-order valence-electron chi connectivity index (χ4n) is 1.83. The van der Waals surface area contributed by atoms with Crippen LogP contribution < -0.4 is 10.1 Å². The maximum atomic E-state index is 5.71. The Bertz CT molecular complexity index is 537. The summed E-state index contributed by atoms with van der Waals surface area (Å²) in [5.74, 6) is 1.45. The van der Waals surface area contributed by atoms with E-state index >= 15 is 0 Å². The Morgan fingerprint density at radius 3 is 2.94 bits per heavy atom. The van der Waals surface area contributed by atoms with E-state index in [9.17, 15) is 0 Å². The predicted molar refractivity (Wildman–Crippen MR) is 73.1 cm³/mol. The van der Waals surface area contributed by atoms with Crippen molar-refractivity contribution >= 4 is 15.9 Å². The van der Waals surface area contributed by atoms with E-state index in [0.717, 1.165) is 35.6 Å². The van der Waals surface area contributed by atoms with Gasteiger partial charge in [0.05, 0.1) is 24.7 Å². The number of ether oxygens (including phenoxy) is 1. The minimum Gasteiger partial charge on any atom is -0.490 e. The standard InChI is InChI=1S/C13H14BrN3O/c14-12-3-1-2-4-13(12)17-8-11(7-16-17)18-9-10-5-15-6-10/h1-4,7-8,10,15H,5-6,9H2. The number of nitrogens with one attached hydrogen (secondary N) is 1. The van der Waals surface area contributed by atoms with Crippen molar-refractivity contribution in [1.82, 2.24) is 15.1 Å². The van der Waals surface area contributed by atoms with Crippen LogP contribution in [0.4, 0.5) is 0 Å². The van der Waals surface area contributed by atoms with Gasteiger partial charge in [0, 0.05) is 23.5 Å². The van der Waals surface area contributed by atoms with Crippen LogP contribution in [0.25, 0.3) is 5.69 Å². The second kappa shape index (κ2) is 5.12.